The average Bonchev–Trinajstić information content (AvgIpc) is 2.64. The normalized spacial score (nSPS) is 20.2. The summed E-state index contributed by atoms with van der Waals surface area (Å²) in [5.74, 6) is 0.932. The highest BCUT2D eigenvalue weighted by molar-refractivity contribution is 5.96. The first-order valence-electron chi connectivity index (χ1n) is 9.68. The summed E-state index contributed by atoms with van der Waals surface area (Å²) in [5, 5.41) is 9.78. The molecule has 1 amide bonds. The number of hydrogen-bond donors (Lipinski definition) is 1. The highest BCUT2D eigenvalue weighted by Crippen LogP contribution is 2.30. The molecule has 0 saturated carbocycles. The van der Waals surface area contributed by atoms with Crippen LogP contribution in [0.2, 0.25) is 0 Å². The fourth-order valence-corrected chi connectivity index (χ4v) is 4.15. The fourth-order valence-electron chi connectivity index (χ4n) is 4.15. The van der Waals surface area contributed by atoms with Crippen LogP contribution in [0, 0.1) is 12.8 Å². The van der Waals surface area contributed by atoms with Crippen molar-refractivity contribution in [3.05, 3.63) is 64.7 Å². The number of benzene rings is 2. The van der Waals surface area contributed by atoms with E-state index in [1.807, 2.05) is 43.3 Å². The number of aryl methyl sites for hydroxylation is 2. The summed E-state index contributed by atoms with van der Waals surface area (Å²) in [4.78, 5) is 15.3. The van der Waals surface area contributed by atoms with Gasteiger partial charge in [0.2, 0.25) is 0 Å². The molecule has 1 heterocycles. The van der Waals surface area contributed by atoms with E-state index in [2.05, 4.69) is 18.7 Å². The smallest absolute Gasteiger partial charge is 0.254 e. The Morgan fingerprint density at radius 1 is 1.19 bits per heavy atom. The van der Waals surface area contributed by atoms with Crippen molar-refractivity contribution in [1.82, 2.24) is 4.90 Å². The van der Waals surface area contributed by atoms with Crippen LogP contribution < -0.4 is 0 Å². The summed E-state index contributed by atoms with van der Waals surface area (Å²) < 4.78 is 0. The van der Waals surface area contributed by atoms with Crippen molar-refractivity contribution >= 4 is 5.91 Å². The Labute approximate surface area is 156 Å². The van der Waals surface area contributed by atoms with Crippen molar-refractivity contribution < 1.29 is 9.90 Å². The molecule has 1 N–H and O–H groups in total. The molecule has 1 saturated heterocycles. The SMILES string of the molecule is CCc1cc(O)ccc1CC1C(C)CCCN1C(=O)c1ccccc1C. The van der Waals surface area contributed by atoms with Crippen LogP contribution in [0.3, 0.4) is 0 Å². The number of amides is 1. The number of carbonyl (C=O) groups excluding carboxylic acids is 1. The number of phenols is 1. The zero-order valence-corrected chi connectivity index (χ0v) is 16.0. The Kier molecular flexibility index (Phi) is 5.65. The summed E-state index contributed by atoms with van der Waals surface area (Å²) in [6.07, 6.45) is 3.95. The number of nitrogens with zero attached hydrogens (tertiary/aromatic N) is 1. The lowest BCUT2D eigenvalue weighted by atomic mass is 9.84. The second-order valence-electron chi connectivity index (χ2n) is 7.51. The van der Waals surface area contributed by atoms with Crippen LogP contribution in [0.4, 0.5) is 0 Å². The van der Waals surface area contributed by atoms with E-state index in [0.717, 1.165) is 43.4 Å². The lowest BCUT2D eigenvalue weighted by Crippen LogP contribution is -2.49. The van der Waals surface area contributed by atoms with E-state index in [1.54, 1.807) is 6.07 Å². The highest BCUT2D eigenvalue weighted by atomic mass is 16.3. The Morgan fingerprint density at radius 3 is 2.69 bits per heavy atom. The first-order chi connectivity index (χ1) is 12.5. The number of phenolic OH excluding ortho intramolecular Hbond substituents is 1. The van der Waals surface area contributed by atoms with E-state index < -0.39 is 0 Å². The monoisotopic (exact) mass is 351 g/mol. The summed E-state index contributed by atoms with van der Waals surface area (Å²) in [6, 6.07) is 13.7. The molecule has 3 rings (SSSR count). The molecule has 1 aliphatic rings. The molecule has 2 atom stereocenters. The molecular weight excluding hydrogens is 322 g/mol. The maximum Gasteiger partial charge on any atom is 0.254 e. The minimum absolute atomic E-state index is 0.150. The standard InChI is InChI=1S/C23H29NO2/c1-4-18-14-20(25)12-11-19(18)15-22-17(3)9-7-13-24(22)23(26)21-10-6-5-8-16(21)2/h5-6,8,10-12,14,17,22,25H,4,7,9,13,15H2,1-3H3. The van der Waals surface area contributed by atoms with Crippen LogP contribution in [-0.4, -0.2) is 28.5 Å². The Morgan fingerprint density at radius 2 is 1.96 bits per heavy atom. The third-order valence-electron chi connectivity index (χ3n) is 5.75. The molecule has 0 aromatic heterocycles. The molecule has 2 unspecified atom stereocenters. The van der Waals surface area contributed by atoms with Crippen LogP contribution in [0.5, 0.6) is 5.75 Å². The van der Waals surface area contributed by atoms with Gasteiger partial charge in [0.1, 0.15) is 5.75 Å². The Bertz CT molecular complexity index is 784. The first kappa shape index (κ1) is 18.5. The van der Waals surface area contributed by atoms with Gasteiger partial charge >= 0.3 is 0 Å². The number of carbonyl (C=O) groups is 1. The van der Waals surface area contributed by atoms with E-state index in [9.17, 15) is 9.90 Å². The maximum atomic E-state index is 13.3. The van der Waals surface area contributed by atoms with Gasteiger partial charge in [-0.3, -0.25) is 4.79 Å². The van der Waals surface area contributed by atoms with Gasteiger partial charge in [0.05, 0.1) is 0 Å². The van der Waals surface area contributed by atoms with Gasteiger partial charge in [-0.2, -0.15) is 0 Å². The van der Waals surface area contributed by atoms with Crippen molar-refractivity contribution in [2.75, 3.05) is 6.54 Å². The van der Waals surface area contributed by atoms with Crippen molar-refractivity contribution in [2.24, 2.45) is 5.92 Å². The molecule has 1 aliphatic heterocycles. The van der Waals surface area contributed by atoms with Gasteiger partial charge in [0.25, 0.3) is 5.91 Å². The Balaban J connectivity index is 1.90. The molecule has 138 valence electrons. The minimum atomic E-state index is 0.150. The fraction of sp³-hybridized carbons (Fsp3) is 0.435. The van der Waals surface area contributed by atoms with E-state index in [-0.39, 0.29) is 11.9 Å². The lowest BCUT2D eigenvalue weighted by molar-refractivity contribution is 0.0516. The van der Waals surface area contributed by atoms with E-state index in [1.165, 1.54) is 11.1 Å². The molecule has 0 radical (unpaired) electrons. The number of aromatic hydroxyl groups is 1. The molecule has 2 aromatic rings. The summed E-state index contributed by atoms with van der Waals surface area (Å²) in [6.45, 7) is 7.19. The van der Waals surface area contributed by atoms with Crippen molar-refractivity contribution in [1.29, 1.82) is 0 Å². The highest BCUT2D eigenvalue weighted by Gasteiger charge is 2.33. The van der Waals surface area contributed by atoms with Crippen LogP contribution in [0.1, 0.15) is 53.7 Å². The predicted molar refractivity (Wildman–Crippen MR) is 106 cm³/mol. The second kappa shape index (κ2) is 7.94. The van der Waals surface area contributed by atoms with Crippen LogP contribution in [0.15, 0.2) is 42.5 Å². The predicted octanol–water partition coefficient (Wildman–Crippen LogP) is 4.75. The van der Waals surface area contributed by atoms with Gasteiger partial charge in [-0.15, -0.1) is 0 Å². The van der Waals surface area contributed by atoms with Crippen LogP contribution in [0.25, 0.3) is 0 Å². The van der Waals surface area contributed by atoms with E-state index >= 15 is 0 Å². The lowest BCUT2D eigenvalue weighted by Gasteiger charge is -2.41. The van der Waals surface area contributed by atoms with Gasteiger partial charge in [0, 0.05) is 18.2 Å². The number of likely N-dealkylation sites (tertiary alicyclic amines) is 1. The zero-order chi connectivity index (χ0) is 18.7. The molecule has 1 fully saturated rings. The maximum absolute atomic E-state index is 13.3. The molecule has 26 heavy (non-hydrogen) atoms. The van der Waals surface area contributed by atoms with Crippen molar-refractivity contribution in [3.8, 4) is 5.75 Å². The second-order valence-corrected chi connectivity index (χ2v) is 7.51. The number of hydrogen-bond acceptors (Lipinski definition) is 2. The van der Waals surface area contributed by atoms with Crippen LogP contribution in [-0.2, 0) is 12.8 Å². The largest absolute Gasteiger partial charge is 0.508 e. The molecule has 3 nitrogen and oxygen atoms in total. The van der Waals surface area contributed by atoms with Gasteiger partial charge < -0.3 is 10.0 Å². The van der Waals surface area contributed by atoms with Gasteiger partial charge in [0.15, 0.2) is 0 Å². The number of rotatable bonds is 4. The zero-order valence-electron chi connectivity index (χ0n) is 16.0. The molecule has 0 aliphatic carbocycles. The summed E-state index contributed by atoms with van der Waals surface area (Å²) in [7, 11) is 0. The first-order valence-corrected chi connectivity index (χ1v) is 9.68. The molecule has 3 heteroatoms. The van der Waals surface area contributed by atoms with Gasteiger partial charge in [-0.25, -0.2) is 0 Å². The molecule has 2 aromatic carbocycles. The summed E-state index contributed by atoms with van der Waals surface area (Å²) >= 11 is 0. The average molecular weight is 351 g/mol. The topological polar surface area (TPSA) is 40.5 Å². The quantitative estimate of drug-likeness (QED) is 0.864. The van der Waals surface area contributed by atoms with Crippen molar-refractivity contribution in [2.45, 2.75) is 52.5 Å². The third kappa shape index (κ3) is 3.77. The van der Waals surface area contributed by atoms with E-state index in [4.69, 9.17) is 0 Å². The molecule has 0 bridgehead atoms. The van der Waals surface area contributed by atoms with Gasteiger partial charge in [-0.1, -0.05) is 38.1 Å². The van der Waals surface area contributed by atoms with Crippen molar-refractivity contribution in [3.63, 3.8) is 0 Å². The van der Waals surface area contributed by atoms with Gasteiger partial charge in [-0.05, 0) is 73.4 Å². The third-order valence-corrected chi connectivity index (χ3v) is 5.75. The summed E-state index contributed by atoms with van der Waals surface area (Å²) in [5.41, 5.74) is 4.26. The van der Waals surface area contributed by atoms with Crippen LogP contribution >= 0.6 is 0 Å². The minimum Gasteiger partial charge on any atom is -0.508 e. The van der Waals surface area contributed by atoms with E-state index in [0.29, 0.717) is 11.7 Å². The Hall–Kier alpha value is -2.29. The molecule has 0 spiro atoms. The number of piperidine rings is 1. The molecular formula is C23H29NO2.